The lowest BCUT2D eigenvalue weighted by Crippen LogP contribution is -2.35. The highest BCUT2D eigenvalue weighted by atomic mass is 16.2. The van der Waals surface area contributed by atoms with E-state index in [1.54, 1.807) is 4.90 Å². The van der Waals surface area contributed by atoms with Crippen molar-refractivity contribution in [3.63, 3.8) is 0 Å². The quantitative estimate of drug-likeness (QED) is 0.751. The van der Waals surface area contributed by atoms with Crippen LogP contribution in [0.15, 0.2) is 0 Å². The molecule has 3 nitrogen and oxygen atoms in total. The van der Waals surface area contributed by atoms with Crippen molar-refractivity contribution in [1.82, 2.24) is 10.2 Å². The average molecular weight is 212 g/mol. The van der Waals surface area contributed by atoms with Gasteiger partial charge in [-0.3, -0.25) is 4.79 Å². The molecule has 0 radical (unpaired) electrons. The van der Waals surface area contributed by atoms with E-state index in [0.29, 0.717) is 12.5 Å². The highest BCUT2D eigenvalue weighted by molar-refractivity contribution is 5.76. The van der Waals surface area contributed by atoms with Gasteiger partial charge in [-0.25, -0.2) is 0 Å². The maximum absolute atomic E-state index is 11.4. The summed E-state index contributed by atoms with van der Waals surface area (Å²) in [5.41, 5.74) is 0. The fraction of sp³-hybridized carbons (Fsp3) is 0.917. The molecule has 1 aliphatic carbocycles. The van der Waals surface area contributed by atoms with Crippen LogP contribution in [0.1, 0.15) is 39.0 Å². The molecule has 1 unspecified atom stereocenters. The molecule has 3 heteroatoms. The number of hydrogen-bond acceptors (Lipinski definition) is 2. The van der Waals surface area contributed by atoms with Gasteiger partial charge in [0.05, 0.1) is 0 Å². The van der Waals surface area contributed by atoms with Gasteiger partial charge in [0.2, 0.25) is 5.91 Å². The maximum atomic E-state index is 11.4. The van der Waals surface area contributed by atoms with Crippen molar-refractivity contribution >= 4 is 5.91 Å². The Kier molecular flexibility index (Phi) is 5.09. The van der Waals surface area contributed by atoms with Crippen molar-refractivity contribution in [2.45, 2.75) is 45.1 Å². The van der Waals surface area contributed by atoms with Crippen LogP contribution >= 0.6 is 0 Å². The molecule has 88 valence electrons. The van der Waals surface area contributed by atoms with Crippen molar-refractivity contribution in [1.29, 1.82) is 0 Å². The minimum atomic E-state index is 0.210. The summed E-state index contributed by atoms with van der Waals surface area (Å²) >= 11 is 0. The first-order valence-corrected chi connectivity index (χ1v) is 6.03. The van der Waals surface area contributed by atoms with Gasteiger partial charge in [-0.1, -0.05) is 12.8 Å². The average Bonchev–Trinajstić information content (AvgIpc) is 2.66. The van der Waals surface area contributed by atoms with Crippen molar-refractivity contribution in [3.05, 3.63) is 0 Å². The van der Waals surface area contributed by atoms with Crippen molar-refractivity contribution in [3.8, 4) is 0 Å². The number of carbonyl (C=O) groups excluding carboxylic acids is 1. The number of carbonyl (C=O) groups is 1. The Morgan fingerprint density at radius 1 is 1.40 bits per heavy atom. The summed E-state index contributed by atoms with van der Waals surface area (Å²) in [6, 6.07) is 0.306. The zero-order valence-electron chi connectivity index (χ0n) is 10.3. The molecule has 0 aromatic rings. The third kappa shape index (κ3) is 4.65. The third-order valence-corrected chi connectivity index (χ3v) is 3.21. The second-order valence-corrected chi connectivity index (χ2v) is 4.95. The first kappa shape index (κ1) is 12.5. The number of hydrogen-bond donors (Lipinski definition) is 1. The van der Waals surface area contributed by atoms with Gasteiger partial charge in [-0.05, 0) is 32.2 Å². The molecule has 0 aromatic carbocycles. The second kappa shape index (κ2) is 6.11. The fourth-order valence-corrected chi connectivity index (χ4v) is 2.10. The third-order valence-electron chi connectivity index (χ3n) is 3.21. The van der Waals surface area contributed by atoms with Crippen molar-refractivity contribution in [2.24, 2.45) is 5.92 Å². The molecule has 1 saturated carbocycles. The molecular weight excluding hydrogens is 188 g/mol. The van der Waals surface area contributed by atoms with Crippen LogP contribution < -0.4 is 5.32 Å². The highest BCUT2D eigenvalue weighted by Gasteiger charge is 2.16. The van der Waals surface area contributed by atoms with Crippen molar-refractivity contribution in [2.75, 3.05) is 20.6 Å². The molecular formula is C12H24N2O. The van der Waals surface area contributed by atoms with E-state index in [0.717, 1.165) is 12.5 Å². The molecule has 0 aromatic heterocycles. The zero-order chi connectivity index (χ0) is 11.3. The topological polar surface area (TPSA) is 32.3 Å². The van der Waals surface area contributed by atoms with E-state index in [9.17, 15) is 4.79 Å². The molecule has 15 heavy (non-hydrogen) atoms. The summed E-state index contributed by atoms with van der Waals surface area (Å²) < 4.78 is 0. The van der Waals surface area contributed by atoms with Gasteiger partial charge in [0.1, 0.15) is 0 Å². The Bertz CT molecular complexity index is 198. The minimum absolute atomic E-state index is 0.210. The minimum Gasteiger partial charge on any atom is -0.349 e. The first-order chi connectivity index (χ1) is 7.09. The Morgan fingerprint density at radius 3 is 2.53 bits per heavy atom. The molecule has 1 amide bonds. The van der Waals surface area contributed by atoms with Gasteiger partial charge in [-0.15, -0.1) is 0 Å². The Hall–Kier alpha value is -0.570. The van der Waals surface area contributed by atoms with Crippen LogP contribution in [0.4, 0.5) is 0 Å². The monoisotopic (exact) mass is 212 g/mol. The van der Waals surface area contributed by atoms with Crippen LogP contribution in [0, 0.1) is 5.92 Å². The van der Waals surface area contributed by atoms with Gasteiger partial charge in [0, 0.05) is 26.6 Å². The van der Waals surface area contributed by atoms with Crippen LogP contribution in [0.25, 0.3) is 0 Å². The molecule has 1 aliphatic rings. The van der Waals surface area contributed by atoms with E-state index in [1.165, 1.54) is 25.7 Å². The first-order valence-electron chi connectivity index (χ1n) is 6.03. The molecule has 1 fully saturated rings. The van der Waals surface area contributed by atoms with E-state index in [-0.39, 0.29) is 5.91 Å². The molecule has 0 aliphatic heterocycles. The van der Waals surface area contributed by atoms with Crippen LogP contribution in [0.2, 0.25) is 0 Å². The lowest BCUT2D eigenvalue weighted by molar-refractivity contribution is -0.129. The van der Waals surface area contributed by atoms with E-state index < -0.39 is 0 Å². The summed E-state index contributed by atoms with van der Waals surface area (Å²) in [4.78, 5) is 13.1. The normalized spacial score (nSPS) is 19.1. The predicted molar refractivity (Wildman–Crippen MR) is 62.7 cm³/mol. The Morgan fingerprint density at radius 2 is 2.00 bits per heavy atom. The molecule has 1 atom stereocenters. The van der Waals surface area contributed by atoms with E-state index in [1.807, 2.05) is 14.1 Å². The summed E-state index contributed by atoms with van der Waals surface area (Å²) in [5, 5.41) is 3.46. The molecule has 1 rings (SSSR count). The van der Waals surface area contributed by atoms with Gasteiger partial charge in [-0.2, -0.15) is 0 Å². The largest absolute Gasteiger partial charge is 0.349 e. The van der Waals surface area contributed by atoms with E-state index in [4.69, 9.17) is 0 Å². The number of nitrogens with zero attached hydrogens (tertiary/aromatic N) is 1. The van der Waals surface area contributed by atoms with E-state index >= 15 is 0 Å². The molecule has 0 bridgehead atoms. The summed E-state index contributed by atoms with van der Waals surface area (Å²) in [6.07, 6.45) is 6.11. The van der Waals surface area contributed by atoms with Gasteiger partial charge >= 0.3 is 0 Å². The maximum Gasteiger partial charge on any atom is 0.223 e. The van der Waals surface area contributed by atoms with Crippen LogP contribution in [-0.2, 0) is 4.79 Å². The summed E-state index contributed by atoms with van der Waals surface area (Å²) in [6.45, 7) is 3.18. The number of amides is 1. The molecule has 0 spiro atoms. The highest BCUT2D eigenvalue weighted by Crippen LogP contribution is 2.23. The summed E-state index contributed by atoms with van der Waals surface area (Å²) in [7, 11) is 3.62. The molecule has 1 N–H and O–H groups in total. The lowest BCUT2D eigenvalue weighted by Gasteiger charge is -2.18. The van der Waals surface area contributed by atoms with E-state index in [2.05, 4.69) is 12.2 Å². The Labute approximate surface area is 93.2 Å². The lowest BCUT2D eigenvalue weighted by atomic mass is 10.1. The summed E-state index contributed by atoms with van der Waals surface area (Å²) in [5.74, 6) is 1.06. The second-order valence-electron chi connectivity index (χ2n) is 4.95. The zero-order valence-corrected chi connectivity index (χ0v) is 10.3. The standard InChI is InChI=1S/C12H24N2O/c1-10(8-12(15)14(2)3)13-9-11-6-4-5-7-11/h10-11,13H,4-9H2,1-3H3. The SMILES string of the molecule is CC(CC(=O)N(C)C)NCC1CCCC1. The smallest absolute Gasteiger partial charge is 0.223 e. The van der Waals surface area contributed by atoms with Gasteiger partial charge in [0.25, 0.3) is 0 Å². The number of rotatable bonds is 5. The van der Waals surface area contributed by atoms with Gasteiger partial charge in [0.15, 0.2) is 0 Å². The predicted octanol–water partition coefficient (Wildman–Crippen LogP) is 1.63. The molecule has 0 heterocycles. The Balaban J connectivity index is 2.12. The van der Waals surface area contributed by atoms with Gasteiger partial charge < -0.3 is 10.2 Å². The number of nitrogens with one attached hydrogen (secondary N) is 1. The van der Waals surface area contributed by atoms with Crippen LogP contribution in [-0.4, -0.2) is 37.5 Å². The molecule has 0 saturated heterocycles. The fourth-order valence-electron chi connectivity index (χ4n) is 2.10. The van der Waals surface area contributed by atoms with Crippen LogP contribution in [0.3, 0.4) is 0 Å². The van der Waals surface area contributed by atoms with Crippen LogP contribution in [0.5, 0.6) is 0 Å². The van der Waals surface area contributed by atoms with Crippen molar-refractivity contribution < 1.29 is 4.79 Å².